The molecule has 1 aromatic carbocycles. The van der Waals surface area contributed by atoms with Gasteiger partial charge < -0.3 is 20.3 Å². The van der Waals surface area contributed by atoms with Gasteiger partial charge in [-0.1, -0.05) is 0 Å². The van der Waals surface area contributed by atoms with Crippen molar-refractivity contribution in [3.63, 3.8) is 0 Å². The zero-order valence-corrected chi connectivity index (χ0v) is 8.07. The van der Waals surface area contributed by atoms with Gasteiger partial charge in [0.05, 0.1) is 6.10 Å². The van der Waals surface area contributed by atoms with Crippen LogP contribution in [0.5, 0.6) is 11.5 Å². The van der Waals surface area contributed by atoms with E-state index in [0.717, 1.165) is 0 Å². The second kappa shape index (κ2) is 4.04. The van der Waals surface area contributed by atoms with Crippen molar-refractivity contribution in [1.82, 2.24) is 0 Å². The Hall–Kier alpha value is -1.33. The minimum Gasteiger partial charge on any atom is -0.454 e. The number of rotatable bonds is 3. The van der Waals surface area contributed by atoms with E-state index >= 15 is 0 Å². The molecule has 1 aliphatic rings. The molecule has 0 saturated carbocycles. The third kappa shape index (κ3) is 1.88. The largest absolute Gasteiger partial charge is 0.454 e. The third-order valence-corrected chi connectivity index (χ3v) is 2.29. The summed E-state index contributed by atoms with van der Waals surface area (Å²) in [6.45, 7) is 0.389. The van der Waals surface area contributed by atoms with Gasteiger partial charge in [0, 0.05) is 11.6 Å². The fourth-order valence-corrected chi connectivity index (χ4v) is 1.50. The van der Waals surface area contributed by atoms with E-state index in [4.69, 9.17) is 15.2 Å². The van der Waals surface area contributed by atoms with Gasteiger partial charge in [-0.15, -0.1) is 0 Å². The summed E-state index contributed by atoms with van der Waals surface area (Å²) in [5, 5.41) is 9.62. The second-order valence-electron chi connectivity index (χ2n) is 3.32. The second-order valence-corrected chi connectivity index (χ2v) is 3.32. The van der Waals surface area contributed by atoms with Crippen LogP contribution in [0.2, 0.25) is 0 Å². The van der Waals surface area contributed by atoms with E-state index in [-0.39, 0.29) is 12.4 Å². The Balaban J connectivity index is 2.31. The van der Waals surface area contributed by atoms with Gasteiger partial charge in [0.1, 0.15) is 5.82 Å². The van der Waals surface area contributed by atoms with Gasteiger partial charge in [-0.05, 0) is 19.0 Å². The molecule has 4 nitrogen and oxygen atoms in total. The molecule has 0 aromatic heterocycles. The highest BCUT2D eigenvalue weighted by atomic mass is 19.1. The Labute approximate surface area is 86.4 Å². The maximum absolute atomic E-state index is 13.5. The predicted octanol–water partition coefficient (Wildman–Crippen LogP) is 0.937. The lowest BCUT2D eigenvalue weighted by Gasteiger charge is -2.11. The van der Waals surface area contributed by atoms with E-state index in [0.29, 0.717) is 24.5 Å². The van der Waals surface area contributed by atoms with E-state index in [2.05, 4.69) is 0 Å². The highest BCUT2D eigenvalue weighted by molar-refractivity contribution is 5.45. The number of aliphatic hydroxyl groups is 1. The van der Waals surface area contributed by atoms with Crippen LogP contribution in [0.1, 0.15) is 18.1 Å². The monoisotopic (exact) mass is 213 g/mol. The van der Waals surface area contributed by atoms with Gasteiger partial charge in [0.2, 0.25) is 6.79 Å². The van der Waals surface area contributed by atoms with E-state index in [1.165, 1.54) is 12.1 Å². The predicted molar refractivity (Wildman–Crippen MR) is 51.2 cm³/mol. The molecule has 1 aliphatic heterocycles. The number of fused-ring (bicyclic) bond motifs is 1. The summed E-state index contributed by atoms with van der Waals surface area (Å²) < 4.78 is 23.6. The SMILES string of the molecule is NCCC(O)c1cc2c(cc1F)OCO2. The van der Waals surface area contributed by atoms with Crippen LogP contribution in [0.3, 0.4) is 0 Å². The van der Waals surface area contributed by atoms with Crippen molar-refractivity contribution in [3.05, 3.63) is 23.5 Å². The summed E-state index contributed by atoms with van der Waals surface area (Å²) in [7, 11) is 0. The molecule has 1 unspecified atom stereocenters. The molecule has 3 N–H and O–H groups in total. The number of nitrogens with two attached hydrogens (primary N) is 1. The molecule has 82 valence electrons. The molecule has 0 amide bonds. The molecule has 1 aromatic rings. The van der Waals surface area contributed by atoms with E-state index in [1.54, 1.807) is 0 Å². The van der Waals surface area contributed by atoms with Crippen molar-refractivity contribution in [2.24, 2.45) is 5.73 Å². The molecule has 0 aliphatic carbocycles. The first-order valence-electron chi connectivity index (χ1n) is 4.69. The highest BCUT2D eigenvalue weighted by Crippen LogP contribution is 2.36. The summed E-state index contributed by atoms with van der Waals surface area (Å²) in [6.07, 6.45) is -0.583. The Bertz CT molecular complexity index is 370. The Morgan fingerprint density at radius 1 is 1.40 bits per heavy atom. The number of ether oxygens (including phenoxy) is 2. The maximum atomic E-state index is 13.5. The van der Waals surface area contributed by atoms with Crippen LogP contribution in [-0.2, 0) is 0 Å². The lowest BCUT2D eigenvalue weighted by Crippen LogP contribution is -2.08. The van der Waals surface area contributed by atoms with Crippen molar-refractivity contribution in [1.29, 1.82) is 0 Å². The molecule has 15 heavy (non-hydrogen) atoms. The fourth-order valence-electron chi connectivity index (χ4n) is 1.50. The molecule has 5 heteroatoms. The molecular weight excluding hydrogens is 201 g/mol. The van der Waals surface area contributed by atoms with Crippen molar-refractivity contribution in [3.8, 4) is 11.5 Å². The molecule has 0 spiro atoms. The molecule has 2 rings (SSSR count). The van der Waals surface area contributed by atoms with Crippen LogP contribution in [0, 0.1) is 5.82 Å². The first-order chi connectivity index (χ1) is 7.22. The van der Waals surface area contributed by atoms with Crippen molar-refractivity contribution in [2.45, 2.75) is 12.5 Å². The standard InChI is InChI=1S/C10H12FNO3/c11-7-4-10-9(14-5-15-10)3-6(7)8(13)1-2-12/h3-4,8,13H,1-2,5,12H2. The third-order valence-electron chi connectivity index (χ3n) is 2.29. The number of hydrogen-bond donors (Lipinski definition) is 2. The normalized spacial score (nSPS) is 15.4. The van der Waals surface area contributed by atoms with E-state index in [9.17, 15) is 9.50 Å². The Morgan fingerprint density at radius 3 is 2.73 bits per heavy atom. The molecule has 0 saturated heterocycles. The first kappa shape index (κ1) is 10.2. The average Bonchev–Trinajstić information content (AvgIpc) is 2.63. The zero-order valence-electron chi connectivity index (χ0n) is 8.07. The minimum atomic E-state index is -0.899. The molecule has 1 atom stereocenters. The Morgan fingerprint density at radius 2 is 2.07 bits per heavy atom. The lowest BCUT2D eigenvalue weighted by atomic mass is 10.1. The van der Waals surface area contributed by atoms with Gasteiger partial charge in [-0.2, -0.15) is 0 Å². The average molecular weight is 213 g/mol. The number of hydrogen-bond acceptors (Lipinski definition) is 4. The minimum absolute atomic E-state index is 0.0885. The zero-order chi connectivity index (χ0) is 10.8. The van der Waals surface area contributed by atoms with Gasteiger partial charge in [-0.25, -0.2) is 4.39 Å². The molecule has 0 bridgehead atoms. The summed E-state index contributed by atoms with van der Waals surface area (Å²) in [5.74, 6) is 0.332. The van der Waals surface area contributed by atoms with Gasteiger partial charge in [0.15, 0.2) is 11.5 Å². The maximum Gasteiger partial charge on any atom is 0.231 e. The van der Waals surface area contributed by atoms with Crippen LogP contribution in [0.4, 0.5) is 4.39 Å². The van der Waals surface area contributed by atoms with E-state index < -0.39 is 11.9 Å². The number of halogens is 1. The van der Waals surface area contributed by atoms with Crippen LogP contribution in [0.15, 0.2) is 12.1 Å². The fraction of sp³-hybridized carbons (Fsp3) is 0.400. The molecule has 0 fully saturated rings. The smallest absolute Gasteiger partial charge is 0.231 e. The summed E-state index contributed by atoms with van der Waals surface area (Å²) >= 11 is 0. The van der Waals surface area contributed by atoms with Crippen LogP contribution < -0.4 is 15.2 Å². The van der Waals surface area contributed by atoms with Gasteiger partial charge in [-0.3, -0.25) is 0 Å². The topological polar surface area (TPSA) is 64.7 Å². The summed E-state index contributed by atoms with van der Waals surface area (Å²) in [5.41, 5.74) is 5.49. The van der Waals surface area contributed by atoms with E-state index in [1.807, 2.05) is 0 Å². The lowest BCUT2D eigenvalue weighted by molar-refractivity contribution is 0.164. The number of benzene rings is 1. The summed E-state index contributed by atoms with van der Waals surface area (Å²) in [6, 6.07) is 2.68. The van der Waals surface area contributed by atoms with Crippen molar-refractivity contribution in [2.75, 3.05) is 13.3 Å². The first-order valence-corrected chi connectivity index (χ1v) is 4.69. The van der Waals surface area contributed by atoms with Crippen LogP contribution in [0.25, 0.3) is 0 Å². The highest BCUT2D eigenvalue weighted by Gasteiger charge is 2.20. The molecule has 0 radical (unpaired) electrons. The molecule has 1 heterocycles. The van der Waals surface area contributed by atoms with Crippen LogP contribution >= 0.6 is 0 Å². The summed E-state index contributed by atoms with van der Waals surface area (Å²) in [4.78, 5) is 0. The number of aliphatic hydroxyl groups excluding tert-OH is 1. The van der Waals surface area contributed by atoms with Gasteiger partial charge in [0.25, 0.3) is 0 Å². The Kier molecular flexibility index (Phi) is 2.75. The van der Waals surface area contributed by atoms with Crippen molar-refractivity contribution < 1.29 is 19.0 Å². The van der Waals surface area contributed by atoms with Crippen LogP contribution in [-0.4, -0.2) is 18.4 Å². The quantitative estimate of drug-likeness (QED) is 0.784. The molecular formula is C10H12FNO3. The van der Waals surface area contributed by atoms with Gasteiger partial charge >= 0.3 is 0 Å². The van der Waals surface area contributed by atoms with Crippen molar-refractivity contribution >= 4 is 0 Å².